The van der Waals surface area contributed by atoms with Crippen LogP contribution in [0.3, 0.4) is 0 Å². The van der Waals surface area contributed by atoms with Crippen molar-refractivity contribution in [2.45, 2.75) is 51.7 Å². The van der Waals surface area contributed by atoms with Crippen molar-refractivity contribution in [1.82, 2.24) is 5.06 Å². The summed E-state index contributed by atoms with van der Waals surface area (Å²) in [6, 6.07) is 7.14. The standard InChI is InChI=1S/C17H26N2O4/c1-17(2,3)22-16(21)23-19-11-7-6-8-13(19)12-18-14-9-4-5-10-15(14)20/h4-5,9-10,13,18,20H,6-8,11-12H2,1-3H3. The molecule has 1 saturated heterocycles. The van der Waals surface area contributed by atoms with E-state index in [4.69, 9.17) is 9.57 Å². The number of nitrogens with one attached hydrogen (secondary N) is 1. The van der Waals surface area contributed by atoms with Crippen LogP contribution in [-0.2, 0) is 9.57 Å². The first-order chi connectivity index (χ1) is 10.8. The number of para-hydroxylation sites is 2. The Morgan fingerprint density at radius 3 is 2.78 bits per heavy atom. The number of phenols is 1. The van der Waals surface area contributed by atoms with E-state index in [-0.39, 0.29) is 11.8 Å². The largest absolute Gasteiger partial charge is 0.528 e. The number of ether oxygens (including phenoxy) is 1. The molecule has 6 nitrogen and oxygen atoms in total. The van der Waals surface area contributed by atoms with Crippen LogP contribution in [0.4, 0.5) is 10.5 Å². The Bertz CT molecular complexity index is 528. The molecule has 1 aromatic rings. The zero-order valence-corrected chi connectivity index (χ0v) is 14.0. The lowest BCUT2D eigenvalue weighted by Gasteiger charge is -2.34. The number of hydroxylamine groups is 2. The van der Waals surface area contributed by atoms with Gasteiger partial charge < -0.3 is 20.0 Å². The predicted molar refractivity (Wildman–Crippen MR) is 88.3 cm³/mol. The summed E-state index contributed by atoms with van der Waals surface area (Å²) in [5.41, 5.74) is 0.103. The van der Waals surface area contributed by atoms with Gasteiger partial charge in [-0.2, -0.15) is 0 Å². The van der Waals surface area contributed by atoms with E-state index >= 15 is 0 Å². The molecule has 0 aromatic heterocycles. The number of anilines is 1. The predicted octanol–water partition coefficient (Wildman–Crippen LogP) is 3.53. The molecular formula is C17H26N2O4. The third-order valence-corrected chi connectivity index (χ3v) is 3.59. The molecule has 128 valence electrons. The van der Waals surface area contributed by atoms with Gasteiger partial charge in [-0.15, -0.1) is 5.06 Å². The van der Waals surface area contributed by atoms with Crippen molar-refractivity contribution in [2.75, 3.05) is 18.4 Å². The molecule has 1 fully saturated rings. The van der Waals surface area contributed by atoms with Crippen LogP contribution in [0.1, 0.15) is 40.0 Å². The Hall–Kier alpha value is -1.95. The second-order valence-corrected chi connectivity index (χ2v) is 6.74. The van der Waals surface area contributed by atoms with E-state index in [1.54, 1.807) is 17.2 Å². The minimum Gasteiger partial charge on any atom is -0.506 e. The van der Waals surface area contributed by atoms with Crippen LogP contribution in [0.25, 0.3) is 0 Å². The van der Waals surface area contributed by atoms with E-state index in [9.17, 15) is 9.90 Å². The van der Waals surface area contributed by atoms with Crippen LogP contribution in [0.15, 0.2) is 24.3 Å². The van der Waals surface area contributed by atoms with Gasteiger partial charge in [0.1, 0.15) is 11.4 Å². The number of aromatic hydroxyl groups is 1. The molecule has 1 aliphatic rings. The summed E-state index contributed by atoms with van der Waals surface area (Å²) in [5, 5.41) is 14.7. The minimum atomic E-state index is -0.674. The maximum Gasteiger partial charge on any atom is 0.528 e. The molecule has 6 heteroatoms. The lowest BCUT2D eigenvalue weighted by atomic mass is 10.0. The van der Waals surface area contributed by atoms with Crippen molar-refractivity contribution in [3.63, 3.8) is 0 Å². The molecule has 0 saturated carbocycles. The number of hydrogen-bond acceptors (Lipinski definition) is 6. The zero-order chi connectivity index (χ0) is 16.9. The molecule has 1 unspecified atom stereocenters. The maximum atomic E-state index is 11.9. The number of phenolic OH excluding ortho intramolecular Hbond substituents is 1. The fourth-order valence-corrected chi connectivity index (χ4v) is 2.51. The Balaban J connectivity index is 1.90. The summed E-state index contributed by atoms with van der Waals surface area (Å²) in [7, 11) is 0. The summed E-state index contributed by atoms with van der Waals surface area (Å²) in [6.07, 6.45) is 2.31. The Labute approximate surface area is 137 Å². The molecule has 0 amide bonds. The average Bonchev–Trinajstić information content (AvgIpc) is 2.46. The zero-order valence-electron chi connectivity index (χ0n) is 14.0. The van der Waals surface area contributed by atoms with Crippen molar-refractivity contribution < 1.29 is 19.5 Å². The van der Waals surface area contributed by atoms with Gasteiger partial charge in [0.25, 0.3) is 0 Å². The van der Waals surface area contributed by atoms with Crippen molar-refractivity contribution in [3.05, 3.63) is 24.3 Å². The average molecular weight is 322 g/mol. The molecule has 23 heavy (non-hydrogen) atoms. The summed E-state index contributed by atoms with van der Waals surface area (Å²) in [4.78, 5) is 17.2. The van der Waals surface area contributed by atoms with Gasteiger partial charge >= 0.3 is 6.16 Å². The highest BCUT2D eigenvalue weighted by Gasteiger charge is 2.28. The van der Waals surface area contributed by atoms with Crippen molar-refractivity contribution in [2.24, 2.45) is 0 Å². The van der Waals surface area contributed by atoms with Gasteiger partial charge in [-0.25, -0.2) is 4.79 Å². The highest BCUT2D eigenvalue weighted by molar-refractivity contribution is 5.60. The molecule has 0 radical (unpaired) electrons. The number of carbonyl (C=O) groups excluding carboxylic acids is 1. The van der Waals surface area contributed by atoms with E-state index in [0.29, 0.717) is 18.8 Å². The molecule has 0 aliphatic carbocycles. The monoisotopic (exact) mass is 322 g/mol. The highest BCUT2D eigenvalue weighted by Crippen LogP contribution is 2.24. The molecule has 1 atom stereocenters. The number of rotatable bonds is 4. The fourth-order valence-electron chi connectivity index (χ4n) is 2.51. The van der Waals surface area contributed by atoms with Gasteiger partial charge in [0, 0.05) is 13.1 Å². The normalized spacial score (nSPS) is 19.2. The number of carbonyl (C=O) groups is 1. The molecule has 1 aromatic carbocycles. The van der Waals surface area contributed by atoms with E-state index < -0.39 is 11.8 Å². The topological polar surface area (TPSA) is 71.0 Å². The second kappa shape index (κ2) is 7.55. The van der Waals surface area contributed by atoms with Crippen LogP contribution in [0, 0.1) is 0 Å². The van der Waals surface area contributed by atoms with E-state index in [1.165, 1.54) is 0 Å². The van der Waals surface area contributed by atoms with E-state index in [0.717, 1.165) is 19.3 Å². The minimum absolute atomic E-state index is 0.0517. The smallest absolute Gasteiger partial charge is 0.506 e. The molecule has 1 heterocycles. The van der Waals surface area contributed by atoms with Gasteiger partial charge in [0.05, 0.1) is 11.7 Å². The number of benzene rings is 1. The van der Waals surface area contributed by atoms with Crippen molar-refractivity contribution in [1.29, 1.82) is 0 Å². The summed E-state index contributed by atoms with van der Waals surface area (Å²) < 4.78 is 5.21. The fraction of sp³-hybridized carbons (Fsp3) is 0.588. The van der Waals surface area contributed by atoms with Gasteiger partial charge in [0.2, 0.25) is 0 Å². The van der Waals surface area contributed by atoms with E-state index in [2.05, 4.69) is 5.32 Å². The van der Waals surface area contributed by atoms with Gasteiger partial charge in [-0.05, 0) is 45.7 Å². The second-order valence-electron chi connectivity index (χ2n) is 6.74. The van der Waals surface area contributed by atoms with Crippen LogP contribution in [0.5, 0.6) is 5.75 Å². The van der Waals surface area contributed by atoms with Gasteiger partial charge in [0.15, 0.2) is 0 Å². The third-order valence-electron chi connectivity index (χ3n) is 3.59. The first-order valence-electron chi connectivity index (χ1n) is 8.04. The third kappa shape index (κ3) is 5.63. The maximum absolute atomic E-state index is 11.9. The SMILES string of the molecule is CC(C)(C)OC(=O)ON1CCCCC1CNc1ccccc1O. The van der Waals surface area contributed by atoms with Gasteiger partial charge in [-0.1, -0.05) is 18.6 Å². The van der Waals surface area contributed by atoms with Gasteiger partial charge in [-0.3, -0.25) is 0 Å². The first-order valence-corrected chi connectivity index (χ1v) is 8.04. The van der Waals surface area contributed by atoms with Crippen LogP contribution in [-0.4, -0.2) is 41.1 Å². The molecule has 2 rings (SSSR count). The van der Waals surface area contributed by atoms with Crippen LogP contribution in [0.2, 0.25) is 0 Å². The summed E-state index contributed by atoms with van der Waals surface area (Å²) in [5.74, 6) is 0.211. The molecule has 2 N–H and O–H groups in total. The number of piperidine rings is 1. The molecule has 1 aliphatic heterocycles. The summed E-state index contributed by atoms with van der Waals surface area (Å²) in [6.45, 7) is 6.69. The Morgan fingerprint density at radius 1 is 1.35 bits per heavy atom. The molecule has 0 spiro atoms. The Kier molecular flexibility index (Phi) is 5.71. The number of nitrogens with zero attached hydrogens (tertiary/aromatic N) is 1. The lowest BCUT2D eigenvalue weighted by molar-refractivity contribution is -0.173. The van der Waals surface area contributed by atoms with Crippen molar-refractivity contribution >= 4 is 11.8 Å². The first kappa shape index (κ1) is 17.4. The van der Waals surface area contributed by atoms with Crippen LogP contribution >= 0.6 is 0 Å². The molecule has 0 bridgehead atoms. The van der Waals surface area contributed by atoms with E-state index in [1.807, 2.05) is 32.9 Å². The quantitative estimate of drug-likeness (QED) is 0.653. The Morgan fingerprint density at radius 2 is 2.09 bits per heavy atom. The molecular weight excluding hydrogens is 296 g/mol. The van der Waals surface area contributed by atoms with Crippen LogP contribution < -0.4 is 5.32 Å². The highest BCUT2D eigenvalue weighted by atomic mass is 16.8. The number of hydrogen-bond donors (Lipinski definition) is 2. The summed E-state index contributed by atoms with van der Waals surface area (Å²) >= 11 is 0. The van der Waals surface area contributed by atoms with Crippen molar-refractivity contribution in [3.8, 4) is 5.75 Å². The lowest BCUT2D eigenvalue weighted by Crippen LogP contribution is -2.45.